The molecule has 1 amide bonds. The van der Waals surface area contributed by atoms with Gasteiger partial charge in [-0.05, 0) is 36.4 Å². The van der Waals surface area contributed by atoms with E-state index in [1.807, 2.05) is 0 Å². The van der Waals surface area contributed by atoms with Crippen molar-refractivity contribution in [2.45, 2.75) is 33.6 Å². The van der Waals surface area contributed by atoms with E-state index in [4.69, 9.17) is 4.74 Å². The molecule has 2 aromatic rings. The first-order chi connectivity index (χ1) is 11.6. The van der Waals surface area contributed by atoms with Crippen molar-refractivity contribution >= 4 is 11.7 Å². The quantitative estimate of drug-likeness (QED) is 0.870. The van der Waals surface area contributed by atoms with Crippen LogP contribution < -0.4 is 10.1 Å². The van der Waals surface area contributed by atoms with Crippen molar-refractivity contribution in [2.75, 3.05) is 5.32 Å². The van der Waals surface area contributed by atoms with Gasteiger partial charge in [0.1, 0.15) is 18.2 Å². The van der Waals surface area contributed by atoms with Crippen LogP contribution >= 0.6 is 0 Å². The zero-order chi connectivity index (χ0) is 18.7. The van der Waals surface area contributed by atoms with Crippen LogP contribution in [0.15, 0.2) is 42.5 Å². The zero-order valence-electron chi connectivity index (χ0n) is 14.1. The number of carbonyl (C=O) groups is 1. The molecule has 0 aliphatic rings. The van der Waals surface area contributed by atoms with Gasteiger partial charge in [0, 0.05) is 5.41 Å². The number of alkyl halides is 3. The van der Waals surface area contributed by atoms with Gasteiger partial charge in [-0.15, -0.1) is 0 Å². The molecule has 0 saturated heterocycles. The number of hydrogen-bond acceptors (Lipinski definition) is 3. The van der Waals surface area contributed by atoms with E-state index < -0.39 is 17.2 Å². The molecule has 4 nitrogen and oxygen atoms in total. The summed E-state index contributed by atoms with van der Waals surface area (Å²) in [7, 11) is 0. The van der Waals surface area contributed by atoms with E-state index in [0.29, 0.717) is 17.3 Å². The number of nitrogens with zero attached hydrogens (tertiary/aromatic N) is 1. The monoisotopic (exact) mass is 352 g/mol. The fourth-order valence-electron chi connectivity index (χ4n) is 1.83. The molecule has 2 rings (SSSR count). The maximum Gasteiger partial charge on any atom is 0.416 e. The largest absolute Gasteiger partial charge is 0.487 e. The van der Waals surface area contributed by atoms with Crippen molar-refractivity contribution in [3.05, 3.63) is 53.7 Å². The molecule has 1 aromatic heterocycles. The minimum atomic E-state index is -4.38. The van der Waals surface area contributed by atoms with Gasteiger partial charge in [-0.1, -0.05) is 26.8 Å². The second-order valence-corrected chi connectivity index (χ2v) is 6.53. The van der Waals surface area contributed by atoms with Crippen LogP contribution in [0.4, 0.5) is 19.0 Å². The molecule has 25 heavy (non-hydrogen) atoms. The smallest absolute Gasteiger partial charge is 0.416 e. The lowest BCUT2D eigenvalue weighted by Gasteiger charge is -2.17. The second-order valence-electron chi connectivity index (χ2n) is 6.53. The topological polar surface area (TPSA) is 51.2 Å². The molecule has 0 saturated carbocycles. The van der Waals surface area contributed by atoms with Gasteiger partial charge in [-0.25, -0.2) is 4.98 Å². The number of aromatic nitrogens is 1. The maximum absolute atomic E-state index is 12.5. The number of benzene rings is 1. The average molecular weight is 352 g/mol. The highest BCUT2D eigenvalue weighted by molar-refractivity contribution is 5.93. The first-order valence-corrected chi connectivity index (χ1v) is 7.63. The number of halogens is 3. The SMILES string of the molecule is CC(C)(C)C(=O)Nc1cccc(COc2ccc(C(F)(F)F)cc2)n1. The van der Waals surface area contributed by atoms with Gasteiger partial charge in [-0.3, -0.25) is 4.79 Å². The van der Waals surface area contributed by atoms with Crippen LogP contribution in [0.1, 0.15) is 32.0 Å². The van der Waals surface area contributed by atoms with E-state index >= 15 is 0 Å². The van der Waals surface area contributed by atoms with Crippen molar-refractivity contribution in [3.8, 4) is 5.75 Å². The Morgan fingerprint density at radius 1 is 1.08 bits per heavy atom. The van der Waals surface area contributed by atoms with Crippen LogP contribution in [0.2, 0.25) is 0 Å². The highest BCUT2D eigenvalue weighted by Crippen LogP contribution is 2.30. The Hall–Kier alpha value is -2.57. The third kappa shape index (κ3) is 5.48. The molecule has 0 radical (unpaired) electrons. The van der Waals surface area contributed by atoms with Crippen molar-refractivity contribution in [2.24, 2.45) is 5.41 Å². The van der Waals surface area contributed by atoms with E-state index in [-0.39, 0.29) is 12.5 Å². The van der Waals surface area contributed by atoms with Crippen LogP contribution in [-0.2, 0) is 17.6 Å². The Labute approximate surface area is 144 Å². The van der Waals surface area contributed by atoms with Crippen LogP contribution in [-0.4, -0.2) is 10.9 Å². The van der Waals surface area contributed by atoms with Gasteiger partial charge in [0.2, 0.25) is 5.91 Å². The molecule has 0 fully saturated rings. The van der Waals surface area contributed by atoms with Gasteiger partial charge in [0.25, 0.3) is 0 Å². The Kier molecular flexibility index (Phi) is 5.35. The van der Waals surface area contributed by atoms with Gasteiger partial charge >= 0.3 is 6.18 Å². The third-order valence-corrected chi connectivity index (χ3v) is 3.30. The van der Waals surface area contributed by atoms with Gasteiger partial charge in [0.15, 0.2) is 0 Å². The number of rotatable bonds is 4. The highest BCUT2D eigenvalue weighted by Gasteiger charge is 2.30. The molecule has 7 heteroatoms. The molecular formula is C18H19F3N2O2. The fourth-order valence-corrected chi connectivity index (χ4v) is 1.83. The minimum Gasteiger partial charge on any atom is -0.487 e. The summed E-state index contributed by atoms with van der Waals surface area (Å²) < 4.78 is 43.0. The molecule has 0 bridgehead atoms. The van der Waals surface area contributed by atoms with E-state index in [9.17, 15) is 18.0 Å². The molecule has 0 aliphatic carbocycles. The summed E-state index contributed by atoms with van der Waals surface area (Å²) in [6.45, 7) is 5.45. The Morgan fingerprint density at radius 3 is 2.28 bits per heavy atom. The molecule has 1 N–H and O–H groups in total. The van der Waals surface area contributed by atoms with E-state index in [2.05, 4.69) is 10.3 Å². The van der Waals surface area contributed by atoms with Crippen molar-refractivity contribution in [1.29, 1.82) is 0 Å². The number of anilines is 1. The maximum atomic E-state index is 12.5. The van der Waals surface area contributed by atoms with E-state index in [1.165, 1.54) is 12.1 Å². The second kappa shape index (κ2) is 7.13. The van der Waals surface area contributed by atoms with Crippen LogP contribution in [0, 0.1) is 5.41 Å². The number of carbonyl (C=O) groups excluding carboxylic acids is 1. The Morgan fingerprint density at radius 2 is 1.72 bits per heavy atom. The van der Waals surface area contributed by atoms with Crippen LogP contribution in [0.3, 0.4) is 0 Å². The Bertz CT molecular complexity index is 735. The summed E-state index contributed by atoms with van der Waals surface area (Å²) >= 11 is 0. The zero-order valence-corrected chi connectivity index (χ0v) is 14.1. The number of hydrogen-bond donors (Lipinski definition) is 1. The average Bonchev–Trinajstić information content (AvgIpc) is 2.52. The number of pyridine rings is 1. The lowest BCUT2D eigenvalue weighted by atomic mass is 9.96. The van der Waals surface area contributed by atoms with Crippen molar-refractivity contribution in [1.82, 2.24) is 4.98 Å². The molecule has 1 heterocycles. The standard InChI is InChI=1S/C18H19F3N2O2/c1-17(2,3)16(24)23-15-6-4-5-13(22-15)11-25-14-9-7-12(8-10-14)18(19,20)21/h4-10H,11H2,1-3H3,(H,22,23,24). The van der Waals surface area contributed by atoms with Gasteiger partial charge in [0.05, 0.1) is 11.3 Å². The molecular weight excluding hydrogens is 333 g/mol. The lowest BCUT2D eigenvalue weighted by Crippen LogP contribution is -2.28. The predicted octanol–water partition coefficient (Wildman–Crippen LogP) is 4.66. The summed E-state index contributed by atoms with van der Waals surface area (Å²) in [5.41, 5.74) is -0.731. The number of nitrogens with one attached hydrogen (secondary N) is 1. The van der Waals surface area contributed by atoms with E-state index in [0.717, 1.165) is 12.1 Å². The normalized spacial score (nSPS) is 11.9. The van der Waals surface area contributed by atoms with Crippen LogP contribution in [0.25, 0.3) is 0 Å². The highest BCUT2D eigenvalue weighted by atomic mass is 19.4. The number of amides is 1. The van der Waals surface area contributed by atoms with Gasteiger partial charge in [-0.2, -0.15) is 13.2 Å². The minimum absolute atomic E-state index is 0.0740. The molecule has 1 aromatic carbocycles. The molecule has 0 aliphatic heterocycles. The molecule has 0 atom stereocenters. The third-order valence-electron chi connectivity index (χ3n) is 3.30. The van der Waals surface area contributed by atoms with Crippen molar-refractivity contribution < 1.29 is 22.7 Å². The fraction of sp³-hybridized carbons (Fsp3) is 0.333. The summed E-state index contributed by atoms with van der Waals surface area (Å²) in [5.74, 6) is 0.535. The molecule has 0 spiro atoms. The summed E-state index contributed by atoms with van der Waals surface area (Å²) in [6.07, 6.45) is -4.38. The molecule has 134 valence electrons. The summed E-state index contributed by atoms with van der Waals surface area (Å²) in [5, 5.41) is 2.71. The van der Waals surface area contributed by atoms with E-state index in [1.54, 1.807) is 39.0 Å². The van der Waals surface area contributed by atoms with Crippen LogP contribution in [0.5, 0.6) is 5.75 Å². The summed E-state index contributed by atoms with van der Waals surface area (Å²) in [4.78, 5) is 16.2. The Balaban J connectivity index is 1.99. The first kappa shape index (κ1) is 18.8. The van der Waals surface area contributed by atoms with Crippen molar-refractivity contribution in [3.63, 3.8) is 0 Å². The first-order valence-electron chi connectivity index (χ1n) is 7.63. The number of ether oxygens (including phenoxy) is 1. The van der Waals surface area contributed by atoms with Gasteiger partial charge < -0.3 is 10.1 Å². The predicted molar refractivity (Wildman–Crippen MR) is 88.1 cm³/mol. The molecule has 0 unspecified atom stereocenters. The lowest BCUT2D eigenvalue weighted by molar-refractivity contribution is -0.137. The summed E-state index contributed by atoms with van der Waals surface area (Å²) in [6, 6.07) is 9.52.